The van der Waals surface area contributed by atoms with Gasteiger partial charge in [-0.25, -0.2) is 4.98 Å². The number of halogens is 1. The molecule has 0 atom stereocenters. The summed E-state index contributed by atoms with van der Waals surface area (Å²) >= 11 is 7.92. The predicted molar refractivity (Wildman–Crippen MR) is 140 cm³/mol. The van der Waals surface area contributed by atoms with Gasteiger partial charge in [0, 0.05) is 6.54 Å². The van der Waals surface area contributed by atoms with E-state index >= 15 is 0 Å². The van der Waals surface area contributed by atoms with Gasteiger partial charge in [-0.1, -0.05) is 83.6 Å². The Morgan fingerprint density at radius 3 is 2.30 bits per heavy atom. The van der Waals surface area contributed by atoms with Crippen LogP contribution in [0.5, 0.6) is 0 Å². The average molecular weight is 478 g/mol. The van der Waals surface area contributed by atoms with Gasteiger partial charge in [0.25, 0.3) is 0 Å². The molecule has 4 aromatic rings. The van der Waals surface area contributed by atoms with Gasteiger partial charge < -0.3 is 4.90 Å². The summed E-state index contributed by atoms with van der Waals surface area (Å²) in [6.45, 7) is 3.55. The van der Waals surface area contributed by atoms with Gasteiger partial charge in [-0.05, 0) is 62.3 Å². The van der Waals surface area contributed by atoms with Gasteiger partial charge in [0.2, 0.25) is 5.91 Å². The molecular weight excluding hydrogens is 450 g/mol. The fourth-order valence-corrected chi connectivity index (χ4v) is 5.15. The number of hydrogen-bond donors (Lipinski definition) is 0. The van der Waals surface area contributed by atoms with E-state index < -0.39 is 0 Å². The molecule has 1 amide bonds. The van der Waals surface area contributed by atoms with Crippen LogP contribution in [-0.2, 0) is 11.2 Å². The maximum atomic E-state index is 13.4. The molecule has 33 heavy (non-hydrogen) atoms. The number of rotatable bonds is 8. The van der Waals surface area contributed by atoms with Crippen LogP contribution in [0.2, 0.25) is 5.02 Å². The molecule has 0 aliphatic rings. The number of benzene rings is 3. The lowest BCUT2D eigenvalue weighted by molar-refractivity contribution is -0.118. The molecule has 0 unspecified atom stereocenters. The standard InChI is InChI=1S/C27H28ClN3OS/c1-19-10-15-23(28)26-25(19)29-27(33-26)31(17-7-16-30(2)3)24(32)18-20-11-13-22(14-12-20)21-8-5-4-6-9-21/h4-6,8-15H,7,16-18H2,1-3H3. The quantitative estimate of drug-likeness (QED) is 0.292. The Hall–Kier alpha value is -2.73. The Morgan fingerprint density at radius 1 is 0.939 bits per heavy atom. The molecule has 3 aromatic carbocycles. The smallest absolute Gasteiger partial charge is 0.233 e. The van der Waals surface area contributed by atoms with Gasteiger partial charge in [-0.15, -0.1) is 0 Å². The Bertz CT molecular complexity index is 1200. The third-order valence-corrected chi connectivity index (χ3v) is 7.16. The van der Waals surface area contributed by atoms with Crippen molar-refractivity contribution in [2.24, 2.45) is 0 Å². The highest BCUT2D eigenvalue weighted by molar-refractivity contribution is 7.23. The Balaban J connectivity index is 1.57. The van der Waals surface area contributed by atoms with E-state index in [1.165, 1.54) is 16.9 Å². The van der Waals surface area contributed by atoms with Gasteiger partial charge in [0.15, 0.2) is 5.13 Å². The first-order valence-electron chi connectivity index (χ1n) is 11.1. The summed E-state index contributed by atoms with van der Waals surface area (Å²) in [5.41, 5.74) is 5.25. The fourth-order valence-electron chi connectivity index (χ4n) is 3.79. The third-order valence-electron chi connectivity index (χ3n) is 5.62. The molecule has 0 aliphatic carbocycles. The summed E-state index contributed by atoms with van der Waals surface area (Å²) in [6, 6.07) is 22.4. The van der Waals surface area contributed by atoms with E-state index in [1.54, 1.807) is 0 Å². The van der Waals surface area contributed by atoms with E-state index in [2.05, 4.69) is 29.2 Å². The number of aryl methyl sites for hydroxylation is 1. The minimum absolute atomic E-state index is 0.0500. The van der Waals surface area contributed by atoms with Crippen molar-refractivity contribution in [3.05, 3.63) is 82.9 Å². The predicted octanol–water partition coefficient (Wildman–Crippen LogP) is 6.45. The van der Waals surface area contributed by atoms with E-state index in [9.17, 15) is 4.79 Å². The van der Waals surface area contributed by atoms with Crippen molar-refractivity contribution in [1.82, 2.24) is 9.88 Å². The third kappa shape index (κ3) is 5.61. The first kappa shape index (κ1) is 23.4. The van der Waals surface area contributed by atoms with Crippen LogP contribution in [0.1, 0.15) is 17.5 Å². The first-order chi connectivity index (χ1) is 15.9. The molecule has 1 aromatic heterocycles. The highest BCUT2D eigenvalue weighted by Crippen LogP contribution is 2.36. The first-order valence-corrected chi connectivity index (χ1v) is 12.3. The van der Waals surface area contributed by atoms with Crippen LogP contribution in [0, 0.1) is 6.92 Å². The molecule has 6 heteroatoms. The molecular formula is C27H28ClN3OS. The number of carbonyl (C=O) groups is 1. The second-order valence-corrected chi connectivity index (χ2v) is 9.87. The van der Waals surface area contributed by atoms with Crippen LogP contribution >= 0.6 is 22.9 Å². The van der Waals surface area contributed by atoms with Crippen molar-refractivity contribution in [2.45, 2.75) is 19.8 Å². The number of anilines is 1. The van der Waals surface area contributed by atoms with Crippen molar-refractivity contribution < 1.29 is 4.79 Å². The maximum Gasteiger partial charge on any atom is 0.233 e. The maximum absolute atomic E-state index is 13.4. The number of hydrogen-bond acceptors (Lipinski definition) is 4. The van der Waals surface area contributed by atoms with Gasteiger partial charge in [-0.2, -0.15) is 0 Å². The van der Waals surface area contributed by atoms with E-state index in [4.69, 9.17) is 16.6 Å². The van der Waals surface area contributed by atoms with E-state index in [-0.39, 0.29) is 5.91 Å². The zero-order valence-electron chi connectivity index (χ0n) is 19.2. The summed E-state index contributed by atoms with van der Waals surface area (Å²) in [7, 11) is 4.09. The molecule has 4 nitrogen and oxygen atoms in total. The lowest BCUT2D eigenvalue weighted by Crippen LogP contribution is -2.34. The van der Waals surface area contributed by atoms with E-state index in [1.807, 2.05) is 68.4 Å². The number of carbonyl (C=O) groups excluding carboxylic acids is 1. The fraction of sp³-hybridized carbons (Fsp3) is 0.259. The van der Waals surface area contributed by atoms with Crippen molar-refractivity contribution >= 4 is 44.2 Å². The molecule has 0 bridgehead atoms. The summed E-state index contributed by atoms with van der Waals surface area (Å²) in [5.74, 6) is 0.0500. The van der Waals surface area contributed by atoms with Crippen LogP contribution in [-0.4, -0.2) is 43.0 Å². The molecule has 0 saturated carbocycles. The monoisotopic (exact) mass is 477 g/mol. The number of aromatic nitrogens is 1. The molecule has 0 radical (unpaired) electrons. The van der Waals surface area contributed by atoms with Crippen molar-refractivity contribution in [3.8, 4) is 11.1 Å². The summed E-state index contributed by atoms with van der Waals surface area (Å²) < 4.78 is 0.935. The molecule has 4 rings (SSSR count). The largest absolute Gasteiger partial charge is 0.309 e. The lowest BCUT2D eigenvalue weighted by Gasteiger charge is -2.21. The zero-order chi connectivity index (χ0) is 23.4. The lowest BCUT2D eigenvalue weighted by atomic mass is 10.0. The van der Waals surface area contributed by atoms with Gasteiger partial charge in [-0.3, -0.25) is 9.69 Å². The van der Waals surface area contributed by atoms with Gasteiger partial charge in [0.05, 0.1) is 21.7 Å². The Kier molecular flexibility index (Phi) is 7.43. The number of thiazole rings is 1. The Labute approximate surface area is 204 Å². The van der Waals surface area contributed by atoms with Gasteiger partial charge in [0.1, 0.15) is 0 Å². The van der Waals surface area contributed by atoms with Crippen LogP contribution in [0.3, 0.4) is 0 Å². The minimum Gasteiger partial charge on any atom is -0.309 e. The average Bonchev–Trinajstić information content (AvgIpc) is 3.26. The Morgan fingerprint density at radius 2 is 1.64 bits per heavy atom. The molecule has 0 saturated heterocycles. The normalized spacial score (nSPS) is 11.3. The molecule has 0 N–H and O–H groups in total. The van der Waals surface area contributed by atoms with E-state index in [0.29, 0.717) is 23.1 Å². The van der Waals surface area contributed by atoms with Gasteiger partial charge >= 0.3 is 0 Å². The number of nitrogens with zero attached hydrogens (tertiary/aromatic N) is 3. The summed E-state index contributed by atoms with van der Waals surface area (Å²) in [4.78, 5) is 22.2. The van der Waals surface area contributed by atoms with Crippen LogP contribution in [0.4, 0.5) is 5.13 Å². The molecule has 170 valence electrons. The summed E-state index contributed by atoms with van der Waals surface area (Å²) in [5, 5.41) is 1.39. The van der Waals surface area contributed by atoms with Crippen molar-refractivity contribution in [3.63, 3.8) is 0 Å². The van der Waals surface area contributed by atoms with E-state index in [0.717, 1.165) is 39.9 Å². The number of amides is 1. The highest BCUT2D eigenvalue weighted by atomic mass is 35.5. The minimum atomic E-state index is 0.0500. The van der Waals surface area contributed by atoms with Crippen molar-refractivity contribution in [1.29, 1.82) is 0 Å². The molecule has 0 spiro atoms. The molecule has 1 heterocycles. The topological polar surface area (TPSA) is 36.4 Å². The van der Waals surface area contributed by atoms with Crippen LogP contribution in [0.15, 0.2) is 66.7 Å². The number of fused-ring (bicyclic) bond motifs is 1. The second kappa shape index (κ2) is 10.5. The molecule has 0 aliphatic heterocycles. The zero-order valence-corrected chi connectivity index (χ0v) is 20.8. The summed E-state index contributed by atoms with van der Waals surface area (Å²) in [6.07, 6.45) is 1.20. The SMILES string of the molecule is Cc1ccc(Cl)c2sc(N(CCCN(C)C)C(=O)Cc3ccc(-c4ccccc4)cc3)nc12. The molecule has 0 fully saturated rings. The second-order valence-electron chi connectivity index (χ2n) is 8.48. The van der Waals surface area contributed by atoms with Crippen molar-refractivity contribution in [2.75, 3.05) is 32.1 Å². The van der Waals surface area contributed by atoms with Crippen LogP contribution in [0.25, 0.3) is 21.3 Å². The highest BCUT2D eigenvalue weighted by Gasteiger charge is 2.21. The van der Waals surface area contributed by atoms with Crippen LogP contribution < -0.4 is 4.90 Å².